The number of carbonyl (C=O) groups is 1. The number of hydrogen-bond donors (Lipinski definition) is 2. The molecular weight excluding hydrogens is 294 g/mol. The first kappa shape index (κ1) is 16.6. The second-order valence-corrected chi connectivity index (χ2v) is 5.29. The van der Waals surface area contributed by atoms with Gasteiger partial charge in [0.2, 0.25) is 5.91 Å². The number of rotatable bonds is 6. The van der Waals surface area contributed by atoms with Gasteiger partial charge in [0.1, 0.15) is 5.69 Å². The lowest BCUT2D eigenvalue weighted by molar-refractivity contribution is -0.384. The van der Waals surface area contributed by atoms with E-state index in [1.54, 1.807) is 19.1 Å². The van der Waals surface area contributed by atoms with Crippen molar-refractivity contribution in [2.24, 2.45) is 0 Å². The fourth-order valence-electron chi connectivity index (χ4n) is 2.26. The molecular formula is C17H19N3O3. The Balaban J connectivity index is 1.99. The standard InChI is InChI=1S/C17H19N3O3/c1-12-7-6-10-15(20(22)23)17(12)19-16(21)11-18-13(2)14-8-4-3-5-9-14/h3-10,13,18H,11H2,1-2H3,(H,19,21)/t13-/m0/s1. The normalized spacial score (nSPS) is 11.7. The molecule has 1 atom stereocenters. The van der Waals surface area contributed by atoms with E-state index in [1.807, 2.05) is 37.3 Å². The van der Waals surface area contributed by atoms with Gasteiger partial charge in [-0.1, -0.05) is 42.5 Å². The number of aryl methyl sites for hydroxylation is 1. The smallest absolute Gasteiger partial charge is 0.293 e. The predicted octanol–water partition coefficient (Wildman–Crippen LogP) is 3.19. The predicted molar refractivity (Wildman–Crippen MR) is 89.3 cm³/mol. The van der Waals surface area contributed by atoms with Crippen LogP contribution in [0.3, 0.4) is 0 Å². The SMILES string of the molecule is Cc1cccc([N+](=O)[O-])c1NC(=O)CN[C@@H](C)c1ccccc1. The molecule has 0 unspecified atom stereocenters. The fraction of sp³-hybridized carbons (Fsp3) is 0.235. The molecule has 0 aliphatic rings. The van der Waals surface area contributed by atoms with E-state index in [1.165, 1.54) is 6.07 Å². The van der Waals surface area contributed by atoms with E-state index in [0.29, 0.717) is 5.56 Å². The number of para-hydroxylation sites is 1. The van der Waals surface area contributed by atoms with Crippen molar-refractivity contribution in [2.45, 2.75) is 19.9 Å². The van der Waals surface area contributed by atoms with Gasteiger partial charge in [0.25, 0.3) is 5.69 Å². The molecule has 23 heavy (non-hydrogen) atoms. The second kappa shape index (κ2) is 7.51. The maximum Gasteiger partial charge on any atom is 0.293 e. The summed E-state index contributed by atoms with van der Waals surface area (Å²) in [6.45, 7) is 3.75. The Bertz CT molecular complexity index is 701. The molecule has 6 nitrogen and oxygen atoms in total. The molecule has 120 valence electrons. The average Bonchev–Trinajstić information content (AvgIpc) is 2.55. The van der Waals surface area contributed by atoms with E-state index in [4.69, 9.17) is 0 Å². The summed E-state index contributed by atoms with van der Waals surface area (Å²) in [6, 6.07) is 14.5. The van der Waals surface area contributed by atoms with Gasteiger partial charge in [-0.15, -0.1) is 0 Å². The molecule has 0 heterocycles. The summed E-state index contributed by atoms with van der Waals surface area (Å²) in [6.07, 6.45) is 0. The van der Waals surface area contributed by atoms with Crippen LogP contribution in [0.2, 0.25) is 0 Å². The number of hydrogen-bond acceptors (Lipinski definition) is 4. The molecule has 2 aromatic rings. The zero-order chi connectivity index (χ0) is 16.8. The van der Waals surface area contributed by atoms with Crippen LogP contribution in [0, 0.1) is 17.0 Å². The van der Waals surface area contributed by atoms with Crippen LogP contribution in [0.25, 0.3) is 0 Å². The maximum absolute atomic E-state index is 12.1. The van der Waals surface area contributed by atoms with Crippen LogP contribution in [0.4, 0.5) is 11.4 Å². The van der Waals surface area contributed by atoms with Gasteiger partial charge in [-0.05, 0) is 25.0 Å². The zero-order valence-corrected chi connectivity index (χ0v) is 13.1. The number of nitrogens with one attached hydrogen (secondary N) is 2. The highest BCUT2D eigenvalue weighted by molar-refractivity contribution is 5.95. The fourth-order valence-corrected chi connectivity index (χ4v) is 2.26. The lowest BCUT2D eigenvalue weighted by atomic mass is 10.1. The van der Waals surface area contributed by atoms with E-state index in [2.05, 4.69) is 10.6 Å². The van der Waals surface area contributed by atoms with E-state index < -0.39 is 4.92 Å². The van der Waals surface area contributed by atoms with E-state index >= 15 is 0 Å². The number of benzene rings is 2. The Hall–Kier alpha value is -2.73. The van der Waals surface area contributed by atoms with Crippen molar-refractivity contribution < 1.29 is 9.72 Å². The van der Waals surface area contributed by atoms with Gasteiger partial charge in [-0.25, -0.2) is 0 Å². The molecule has 0 saturated carbocycles. The third kappa shape index (κ3) is 4.37. The third-order valence-corrected chi connectivity index (χ3v) is 3.58. The number of nitro groups is 1. The van der Waals surface area contributed by atoms with Gasteiger partial charge in [-0.3, -0.25) is 14.9 Å². The first-order valence-electron chi connectivity index (χ1n) is 7.31. The summed E-state index contributed by atoms with van der Waals surface area (Å²) in [7, 11) is 0. The van der Waals surface area contributed by atoms with Crippen molar-refractivity contribution in [1.29, 1.82) is 0 Å². The van der Waals surface area contributed by atoms with Crippen molar-refractivity contribution in [1.82, 2.24) is 5.32 Å². The van der Waals surface area contributed by atoms with Crippen LogP contribution in [-0.2, 0) is 4.79 Å². The van der Waals surface area contributed by atoms with Gasteiger partial charge in [0.15, 0.2) is 0 Å². The molecule has 6 heteroatoms. The Kier molecular flexibility index (Phi) is 5.43. The number of anilines is 1. The highest BCUT2D eigenvalue weighted by Crippen LogP contribution is 2.27. The molecule has 0 spiro atoms. The highest BCUT2D eigenvalue weighted by atomic mass is 16.6. The summed E-state index contributed by atoms with van der Waals surface area (Å²) in [5.41, 5.74) is 1.87. The lowest BCUT2D eigenvalue weighted by Crippen LogP contribution is -2.30. The molecule has 2 rings (SSSR count). The Morgan fingerprint density at radius 1 is 1.17 bits per heavy atom. The van der Waals surface area contributed by atoms with Gasteiger partial charge in [0, 0.05) is 12.1 Å². The van der Waals surface area contributed by atoms with Crippen LogP contribution in [0.1, 0.15) is 24.1 Å². The van der Waals surface area contributed by atoms with Gasteiger partial charge < -0.3 is 10.6 Å². The van der Waals surface area contributed by atoms with Gasteiger partial charge >= 0.3 is 0 Å². The molecule has 0 aromatic heterocycles. The van der Waals surface area contributed by atoms with Crippen LogP contribution < -0.4 is 10.6 Å². The van der Waals surface area contributed by atoms with E-state index in [9.17, 15) is 14.9 Å². The molecule has 0 bridgehead atoms. The van der Waals surface area contributed by atoms with Crippen molar-refractivity contribution in [2.75, 3.05) is 11.9 Å². The summed E-state index contributed by atoms with van der Waals surface area (Å²) < 4.78 is 0. The molecule has 1 amide bonds. The monoisotopic (exact) mass is 313 g/mol. The largest absolute Gasteiger partial charge is 0.319 e. The quantitative estimate of drug-likeness (QED) is 0.633. The second-order valence-electron chi connectivity index (χ2n) is 5.29. The topological polar surface area (TPSA) is 84.3 Å². The number of carbonyl (C=O) groups excluding carboxylic acids is 1. The highest BCUT2D eigenvalue weighted by Gasteiger charge is 2.17. The Morgan fingerprint density at radius 2 is 1.87 bits per heavy atom. The summed E-state index contributed by atoms with van der Waals surface area (Å²) in [5, 5.41) is 16.8. The van der Waals surface area contributed by atoms with Crippen LogP contribution >= 0.6 is 0 Å². The number of nitro benzene ring substituents is 1. The first-order valence-corrected chi connectivity index (χ1v) is 7.31. The van der Waals surface area contributed by atoms with E-state index in [0.717, 1.165) is 5.56 Å². The summed E-state index contributed by atoms with van der Waals surface area (Å²) >= 11 is 0. The Morgan fingerprint density at radius 3 is 2.52 bits per heavy atom. The molecule has 2 aromatic carbocycles. The van der Waals surface area contributed by atoms with Gasteiger partial charge in [-0.2, -0.15) is 0 Å². The molecule has 0 fully saturated rings. The van der Waals surface area contributed by atoms with Crippen LogP contribution in [0.15, 0.2) is 48.5 Å². The van der Waals surface area contributed by atoms with Crippen molar-refractivity contribution in [3.05, 3.63) is 69.8 Å². The number of amides is 1. The van der Waals surface area contributed by atoms with Crippen LogP contribution in [-0.4, -0.2) is 17.4 Å². The zero-order valence-electron chi connectivity index (χ0n) is 13.1. The minimum Gasteiger partial charge on any atom is -0.319 e. The van der Waals surface area contributed by atoms with Crippen molar-refractivity contribution in [3.8, 4) is 0 Å². The third-order valence-electron chi connectivity index (χ3n) is 3.58. The van der Waals surface area contributed by atoms with E-state index in [-0.39, 0.29) is 29.9 Å². The maximum atomic E-state index is 12.1. The lowest BCUT2D eigenvalue weighted by Gasteiger charge is -2.14. The van der Waals surface area contributed by atoms with Crippen molar-refractivity contribution in [3.63, 3.8) is 0 Å². The molecule has 2 N–H and O–H groups in total. The van der Waals surface area contributed by atoms with Crippen molar-refractivity contribution >= 4 is 17.3 Å². The molecule has 0 aliphatic heterocycles. The minimum atomic E-state index is -0.497. The average molecular weight is 313 g/mol. The van der Waals surface area contributed by atoms with Crippen LogP contribution in [0.5, 0.6) is 0 Å². The summed E-state index contributed by atoms with van der Waals surface area (Å²) in [4.78, 5) is 22.6. The van der Waals surface area contributed by atoms with Gasteiger partial charge in [0.05, 0.1) is 11.5 Å². The molecule has 0 aliphatic carbocycles. The minimum absolute atomic E-state index is 0.00815. The molecule has 0 radical (unpaired) electrons. The number of nitrogens with zero attached hydrogens (tertiary/aromatic N) is 1. The molecule has 0 saturated heterocycles. The Labute approximate surface area is 134 Å². The summed E-state index contributed by atoms with van der Waals surface area (Å²) in [5.74, 6) is -0.315. The first-order chi connectivity index (χ1) is 11.0.